The smallest absolute Gasteiger partial charge is 0.261 e. The Bertz CT molecular complexity index is 1050. The molecule has 3 amide bonds. The van der Waals surface area contributed by atoms with Crippen molar-refractivity contribution in [2.75, 3.05) is 25.1 Å². The van der Waals surface area contributed by atoms with Gasteiger partial charge in [-0.25, -0.2) is 0 Å². The summed E-state index contributed by atoms with van der Waals surface area (Å²) in [6.45, 7) is 4.69. The number of carbonyl (C=O) groups excluding carboxylic acids is 3. The molecule has 7 nitrogen and oxygen atoms in total. The molecular formula is C21H17ClN2O5. The Morgan fingerprint density at radius 1 is 1.10 bits per heavy atom. The van der Waals surface area contributed by atoms with Gasteiger partial charge in [0.1, 0.15) is 0 Å². The number of nitrogens with one attached hydrogen (secondary N) is 1. The largest absolute Gasteiger partial charge is 0.490 e. The molecular weight excluding hydrogens is 396 g/mol. The minimum atomic E-state index is -0.466. The van der Waals surface area contributed by atoms with Crippen LogP contribution in [0.4, 0.5) is 5.69 Å². The second-order valence-electron chi connectivity index (χ2n) is 6.55. The molecule has 0 saturated heterocycles. The van der Waals surface area contributed by atoms with Crippen LogP contribution in [0.5, 0.6) is 11.5 Å². The van der Waals surface area contributed by atoms with Gasteiger partial charge < -0.3 is 14.8 Å². The van der Waals surface area contributed by atoms with Gasteiger partial charge in [0.05, 0.1) is 35.1 Å². The van der Waals surface area contributed by atoms with E-state index in [-0.39, 0.29) is 23.2 Å². The van der Waals surface area contributed by atoms with Crippen LogP contribution in [0.2, 0.25) is 5.02 Å². The number of amides is 3. The zero-order valence-corrected chi connectivity index (χ0v) is 16.1. The summed E-state index contributed by atoms with van der Waals surface area (Å²) >= 11 is 6.27. The van der Waals surface area contributed by atoms with Gasteiger partial charge in [0.2, 0.25) is 0 Å². The molecule has 4 rings (SSSR count). The van der Waals surface area contributed by atoms with Crippen LogP contribution in [0.15, 0.2) is 43.0 Å². The van der Waals surface area contributed by atoms with E-state index >= 15 is 0 Å². The number of anilines is 1. The van der Waals surface area contributed by atoms with Crippen molar-refractivity contribution in [1.82, 2.24) is 4.90 Å². The predicted molar refractivity (Wildman–Crippen MR) is 107 cm³/mol. The number of benzene rings is 2. The normalized spacial score (nSPS) is 15.0. The summed E-state index contributed by atoms with van der Waals surface area (Å²) in [6.07, 6.45) is 2.22. The summed E-state index contributed by atoms with van der Waals surface area (Å²) in [7, 11) is 0. The number of ether oxygens (including phenoxy) is 2. The maximum atomic E-state index is 12.7. The van der Waals surface area contributed by atoms with Crippen molar-refractivity contribution < 1.29 is 23.9 Å². The second-order valence-corrected chi connectivity index (χ2v) is 6.96. The summed E-state index contributed by atoms with van der Waals surface area (Å²) < 4.78 is 11.2. The lowest BCUT2D eigenvalue weighted by molar-refractivity contribution is 0.0672. The third-order valence-corrected chi connectivity index (χ3v) is 4.94. The molecule has 8 heteroatoms. The van der Waals surface area contributed by atoms with Gasteiger partial charge in [0.25, 0.3) is 17.7 Å². The highest BCUT2D eigenvalue weighted by atomic mass is 35.5. The van der Waals surface area contributed by atoms with Gasteiger partial charge in [-0.3, -0.25) is 19.3 Å². The molecule has 2 aliphatic heterocycles. The molecule has 1 N–H and O–H groups in total. The second kappa shape index (κ2) is 7.60. The van der Waals surface area contributed by atoms with E-state index in [2.05, 4.69) is 11.9 Å². The summed E-state index contributed by atoms with van der Waals surface area (Å²) in [5, 5.41) is 3.02. The highest BCUT2D eigenvalue weighted by Gasteiger charge is 2.35. The lowest BCUT2D eigenvalue weighted by atomic mass is 10.1. The number of hydrogen-bond acceptors (Lipinski definition) is 5. The van der Waals surface area contributed by atoms with Crippen LogP contribution >= 0.6 is 11.6 Å². The van der Waals surface area contributed by atoms with E-state index in [0.717, 1.165) is 11.3 Å². The third-order valence-electron chi connectivity index (χ3n) is 4.63. The van der Waals surface area contributed by atoms with Gasteiger partial charge >= 0.3 is 0 Å². The van der Waals surface area contributed by atoms with Crippen molar-refractivity contribution in [3.63, 3.8) is 0 Å². The molecule has 0 atom stereocenters. The lowest BCUT2D eigenvalue weighted by Crippen LogP contribution is -2.29. The Morgan fingerprint density at radius 2 is 1.79 bits per heavy atom. The van der Waals surface area contributed by atoms with Gasteiger partial charge in [0.15, 0.2) is 11.5 Å². The van der Waals surface area contributed by atoms with Crippen molar-refractivity contribution in [2.24, 2.45) is 0 Å². The molecule has 29 heavy (non-hydrogen) atoms. The summed E-state index contributed by atoms with van der Waals surface area (Å²) in [5.41, 5.74) is 1.04. The fourth-order valence-corrected chi connectivity index (χ4v) is 3.40. The van der Waals surface area contributed by atoms with E-state index < -0.39 is 17.7 Å². The molecule has 0 radical (unpaired) electrons. The van der Waals surface area contributed by atoms with E-state index in [4.69, 9.17) is 21.1 Å². The minimum Gasteiger partial charge on any atom is -0.490 e. The highest BCUT2D eigenvalue weighted by molar-refractivity contribution is 6.34. The average Bonchev–Trinajstić information content (AvgIpc) is 2.86. The summed E-state index contributed by atoms with van der Waals surface area (Å²) in [6, 6.07) is 7.58. The van der Waals surface area contributed by atoms with Gasteiger partial charge in [0, 0.05) is 30.7 Å². The molecule has 0 fully saturated rings. The number of halogens is 1. The van der Waals surface area contributed by atoms with Crippen LogP contribution in [0.1, 0.15) is 37.5 Å². The highest BCUT2D eigenvalue weighted by Crippen LogP contribution is 2.38. The lowest BCUT2D eigenvalue weighted by Gasteiger charge is -2.12. The van der Waals surface area contributed by atoms with Crippen molar-refractivity contribution in [3.8, 4) is 11.5 Å². The Morgan fingerprint density at radius 3 is 2.52 bits per heavy atom. The maximum absolute atomic E-state index is 12.7. The first-order chi connectivity index (χ1) is 14.0. The first-order valence-electron chi connectivity index (χ1n) is 9.01. The fourth-order valence-electron chi connectivity index (χ4n) is 3.20. The number of carbonyl (C=O) groups is 3. The van der Waals surface area contributed by atoms with E-state index in [1.54, 1.807) is 12.1 Å². The number of rotatable bonds is 4. The molecule has 2 aliphatic rings. The van der Waals surface area contributed by atoms with Gasteiger partial charge in [-0.05, 0) is 18.2 Å². The van der Waals surface area contributed by atoms with Gasteiger partial charge in [-0.1, -0.05) is 17.7 Å². The van der Waals surface area contributed by atoms with Gasteiger partial charge in [-0.15, -0.1) is 6.58 Å². The van der Waals surface area contributed by atoms with E-state index in [9.17, 15) is 14.4 Å². The molecule has 0 saturated carbocycles. The van der Waals surface area contributed by atoms with Crippen LogP contribution in [-0.2, 0) is 0 Å². The SMILES string of the molecule is C=CCN1C(=O)c2ccc(C(=O)Nc3cc4c(cc3Cl)OCCCO4)cc2C1=O. The topological polar surface area (TPSA) is 84.9 Å². The summed E-state index contributed by atoms with van der Waals surface area (Å²) in [4.78, 5) is 38.6. The number of fused-ring (bicyclic) bond motifs is 2. The molecule has 0 bridgehead atoms. The van der Waals surface area contributed by atoms with Crippen LogP contribution < -0.4 is 14.8 Å². The third kappa shape index (κ3) is 3.45. The van der Waals surface area contributed by atoms with Crippen molar-refractivity contribution in [2.45, 2.75) is 6.42 Å². The quantitative estimate of drug-likeness (QED) is 0.613. The van der Waals surface area contributed by atoms with Crippen LogP contribution in [0, 0.1) is 0 Å². The Hall–Kier alpha value is -3.32. The molecule has 0 aromatic heterocycles. The maximum Gasteiger partial charge on any atom is 0.261 e. The molecule has 0 spiro atoms. The molecule has 0 aliphatic carbocycles. The number of imide groups is 1. The molecule has 2 aromatic carbocycles. The van der Waals surface area contributed by atoms with E-state index in [0.29, 0.717) is 35.4 Å². The minimum absolute atomic E-state index is 0.112. The fraction of sp³-hybridized carbons (Fsp3) is 0.190. The molecule has 2 heterocycles. The number of nitrogens with zero attached hydrogens (tertiary/aromatic N) is 1. The van der Waals surface area contributed by atoms with Crippen molar-refractivity contribution in [3.05, 3.63) is 64.7 Å². The Kier molecular flexibility index (Phi) is 4.98. The van der Waals surface area contributed by atoms with Crippen LogP contribution in [0.25, 0.3) is 0 Å². The first kappa shape index (κ1) is 19.0. The average molecular weight is 413 g/mol. The number of hydrogen-bond donors (Lipinski definition) is 1. The van der Waals surface area contributed by atoms with E-state index in [1.165, 1.54) is 24.3 Å². The molecule has 148 valence electrons. The Labute approximate surface area is 171 Å². The summed E-state index contributed by atoms with van der Waals surface area (Å²) in [5.74, 6) is -0.297. The molecule has 2 aromatic rings. The van der Waals surface area contributed by atoms with Gasteiger partial charge in [-0.2, -0.15) is 0 Å². The van der Waals surface area contributed by atoms with Crippen LogP contribution in [0.3, 0.4) is 0 Å². The van der Waals surface area contributed by atoms with Crippen molar-refractivity contribution in [1.29, 1.82) is 0 Å². The Balaban J connectivity index is 1.59. The zero-order valence-electron chi connectivity index (χ0n) is 15.4. The zero-order chi connectivity index (χ0) is 20.5. The standard InChI is InChI=1S/C21H17ClN2O5/c1-2-6-24-20(26)13-5-4-12(9-14(13)21(24)27)19(25)23-16-11-18-17(10-15(16)22)28-7-3-8-29-18/h2,4-5,9-11H,1,3,6-8H2,(H,23,25). The monoisotopic (exact) mass is 412 g/mol. The predicted octanol–water partition coefficient (Wildman–Crippen LogP) is 3.54. The first-order valence-corrected chi connectivity index (χ1v) is 9.39. The van der Waals surface area contributed by atoms with E-state index in [1.807, 2.05) is 0 Å². The molecule has 0 unspecified atom stereocenters. The van der Waals surface area contributed by atoms with Crippen LogP contribution in [-0.4, -0.2) is 42.4 Å². The van der Waals surface area contributed by atoms with Crippen molar-refractivity contribution >= 4 is 35.0 Å².